The van der Waals surface area contributed by atoms with E-state index in [2.05, 4.69) is 21.3 Å². The zero-order valence-electron chi connectivity index (χ0n) is 8.52. The summed E-state index contributed by atoms with van der Waals surface area (Å²) in [6, 6.07) is 0.0869. The van der Waals surface area contributed by atoms with Gasteiger partial charge >= 0.3 is 0 Å². The van der Waals surface area contributed by atoms with E-state index in [0.29, 0.717) is 0 Å². The smallest absolute Gasteiger partial charge is 0.0949 e. The highest BCUT2D eigenvalue weighted by molar-refractivity contribution is 8.00. The number of imidazole rings is 1. The third-order valence-electron chi connectivity index (χ3n) is 2.64. The van der Waals surface area contributed by atoms with Crippen LogP contribution in [-0.2, 0) is 6.54 Å². The Bertz CT molecular complexity index is 289. The quantitative estimate of drug-likeness (QED) is 0.829. The summed E-state index contributed by atoms with van der Waals surface area (Å²) < 4.78 is 2.20. The van der Waals surface area contributed by atoms with Crippen LogP contribution in [0.1, 0.15) is 31.5 Å². The summed E-state index contributed by atoms with van der Waals surface area (Å²) in [6.07, 6.45) is 6.47. The summed E-state index contributed by atoms with van der Waals surface area (Å²) in [4.78, 5) is 4.16. The van der Waals surface area contributed by atoms with E-state index in [1.807, 2.05) is 19.4 Å². The van der Waals surface area contributed by atoms with Gasteiger partial charge in [0.15, 0.2) is 0 Å². The van der Waals surface area contributed by atoms with Gasteiger partial charge in [-0.2, -0.15) is 11.8 Å². The Kier molecular flexibility index (Phi) is 3.13. The average Bonchev–Trinajstić information content (AvgIpc) is 2.75. The molecule has 0 amide bonds. The molecule has 0 radical (unpaired) electrons. The normalized spacial score (nSPS) is 24.0. The molecule has 0 aromatic carbocycles. The van der Waals surface area contributed by atoms with Crippen LogP contribution in [0.2, 0.25) is 0 Å². The molecule has 0 bridgehead atoms. The van der Waals surface area contributed by atoms with E-state index in [1.54, 1.807) is 0 Å². The molecule has 2 N–H and O–H groups in total. The summed E-state index contributed by atoms with van der Waals surface area (Å²) >= 11 is 2.07. The fraction of sp³-hybridized carbons (Fsp3) is 0.700. The SMILES string of the molecule is C[C@@H](N)c1cncn1CC1CCCS1. The van der Waals surface area contributed by atoms with Crippen molar-refractivity contribution in [3.05, 3.63) is 18.2 Å². The first-order valence-electron chi connectivity index (χ1n) is 5.14. The van der Waals surface area contributed by atoms with Crippen LogP contribution in [0.15, 0.2) is 12.5 Å². The second-order valence-electron chi connectivity index (χ2n) is 3.89. The van der Waals surface area contributed by atoms with Crippen LogP contribution in [-0.4, -0.2) is 20.6 Å². The number of nitrogens with zero attached hydrogens (tertiary/aromatic N) is 2. The molecule has 1 saturated heterocycles. The molecule has 1 aliphatic rings. The van der Waals surface area contributed by atoms with Gasteiger partial charge in [0.1, 0.15) is 0 Å². The minimum atomic E-state index is 0.0869. The van der Waals surface area contributed by atoms with E-state index in [0.717, 1.165) is 17.5 Å². The Balaban J connectivity index is 2.04. The molecule has 2 heterocycles. The first-order valence-corrected chi connectivity index (χ1v) is 6.19. The zero-order valence-corrected chi connectivity index (χ0v) is 9.33. The van der Waals surface area contributed by atoms with E-state index >= 15 is 0 Å². The molecular weight excluding hydrogens is 194 g/mol. The van der Waals surface area contributed by atoms with Gasteiger partial charge in [0.05, 0.1) is 12.0 Å². The Morgan fingerprint density at radius 2 is 2.64 bits per heavy atom. The standard InChI is InChI=1S/C10H17N3S/c1-8(11)10-5-12-7-13(10)6-9-3-2-4-14-9/h5,7-9H,2-4,6,11H2,1H3/t8-,9?/m1/s1. The van der Waals surface area contributed by atoms with Crippen molar-refractivity contribution in [3.8, 4) is 0 Å². The van der Waals surface area contributed by atoms with E-state index in [9.17, 15) is 0 Å². The molecule has 0 spiro atoms. The van der Waals surface area contributed by atoms with Crippen molar-refractivity contribution >= 4 is 11.8 Å². The lowest BCUT2D eigenvalue weighted by Gasteiger charge is -2.14. The number of rotatable bonds is 3. The number of hydrogen-bond acceptors (Lipinski definition) is 3. The number of aromatic nitrogens is 2. The third kappa shape index (κ3) is 2.12. The highest BCUT2D eigenvalue weighted by atomic mass is 32.2. The Hall–Kier alpha value is -0.480. The highest BCUT2D eigenvalue weighted by Crippen LogP contribution is 2.28. The van der Waals surface area contributed by atoms with Gasteiger partial charge in [0.25, 0.3) is 0 Å². The Labute approximate surface area is 89.1 Å². The van der Waals surface area contributed by atoms with E-state index < -0.39 is 0 Å². The van der Waals surface area contributed by atoms with Crippen LogP contribution >= 0.6 is 11.8 Å². The number of hydrogen-bond donors (Lipinski definition) is 1. The molecule has 2 atom stereocenters. The maximum absolute atomic E-state index is 5.87. The van der Waals surface area contributed by atoms with Gasteiger partial charge in [-0.15, -0.1) is 0 Å². The third-order valence-corrected chi connectivity index (χ3v) is 4.02. The van der Waals surface area contributed by atoms with Crippen molar-refractivity contribution in [3.63, 3.8) is 0 Å². The van der Waals surface area contributed by atoms with Crippen LogP contribution in [0.3, 0.4) is 0 Å². The van der Waals surface area contributed by atoms with Crippen LogP contribution in [0, 0.1) is 0 Å². The fourth-order valence-corrected chi connectivity index (χ4v) is 3.14. The summed E-state index contributed by atoms with van der Waals surface area (Å²) in [7, 11) is 0. The van der Waals surface area contributed by atoms with Crippen molar-refractivity contribution in [2.24, 2.45) is 5.73 Å². The summed E-state index contributed by atoms with van der Waals surface area (Å²) in [5.41, 5.74) is 7.02. The minimum absolute atomic E-state index is 0.0869. The van der Waals surface area contributed by atoms with Crippen LogP contribution in [0.5, 0.6) is 0 Å². The molecule has 1 aliphatic heterocycles. The first-order chi connectivity index (χ1) is 6.77. The van der Waals surface area contributed by atoms with Crippen molar-refractivity contribution < 1.29 is 0 Å². The van der Waals surface area contributed by atoms with Gasteiger partial charge in [-0.25, -0.2) is 4.98 Å². The monoisotopic (exact) mass is 211 g/mol. The first kappa shape index (κ1) is 10.1. The molecule has 2 rings (SSSR count). The van der Waals surface area contributed by atoms with Gasteiger partial charge in [0, 0.05) is 24.0 Å². The maximum atomic E-state index is 5.87. The van der Waals surface area contributed by atoms with Crippen LogP contribution in [0.25, 0.3) is 0 Å². The van der Waals surface area contributed by atoms with Gasteiger partial charge in [-0.3, -0.25) is 0 Å². The van der Waals surface area contributed by atoms with Crippen molar-refractivity contribution in [2.45, 2.75) is 37.6 Å². The van der Waals surface area contributed by atoms with Crippen LogP contribution < -0.4 is 5.73 Å². The van der Waals surface area contributed by atoms with E-state index in [1.165, 1.54) is 18.6 Å². The lowest BCUT2D eigenvalue weighted by atomic mass is 10.2. The molecule has 1 aromatic rings. The van der Waals surface area contributed by atoms with E-state index in [-0.39, 0.29) is 6.04 Å². The van der Waals surface area contributed by atoms with Crippen molar-refractivity contribution in [1.82, 2.24) is 9.55 Å². The van der Waals surface area contributed by atoms with Gasteiger partial charge in [-0.05, 0) is 25.5 Å². The molecule has 14 heavy (non-hydrogen) atoms. The average molecular weight is 211 g/mol. The molecule has 1 aromatic heterocycles. The Morgan fingerprint density at radius 1 is 1.79 bits per heavy atom. The van der Waals surface area contributed by atoms with Crippen molar-refractivity contribution in [1.29, 1.82) is 0 Å². The van der Waals surface area contributed by atoms with E-state index in [4.69, 9.17) is 5.73 Å². The molecular formula is C10H17N3S. The van der Waals surface area contributed by atoms with Crippen molar-refractivity contribution in [2.75, 3.05) is 5.75 Å². The second kappa shape index (κ2) is 4.36. The molecule has 1 fully saturated rings. The predicted octanol–water partition coefficient (Wildman–Crippen LogP) is 1.80. The lowest BCUT2D eigenvalue weighted by Crippen LogP contribution is -2.16. The Morgan fingerprint density at radius 3 is 3.29 bits per heavy atom. The minimum Gasteiger partial charge on any atom is -0.332 e. The number of thioether (sulfide) groups is 1. The van der Waals surface area contributed by atoms with Crippen LogP contribution in [0.4, 0.5) is 0 Å². The predicted molar refractivity (Wildman–Crippen MR) is 60.3 cm³/mol. The molecule has 4 heteroatoms. The topological polar surface area (TPSA) is 43.8 Å². The second-order valence-corrected chi connectivity index (χ2v) is 5.30. The largest absolute Gasteiger partial charge is 0.332 e. The van der Waals surface area contributed by atoms with Gasteiger partial charge < -0.3 is 10.3 Å². The molecule has 0 aliphatic carbocycles. The van der Waals surface area contributed by atoms with Gasteiger partial charge in [0.2, 0.25) is 0 Å². The highest BCUT2D eigenvalue weighted by Gasteiger charge is 2.17. The summed E-state index contributed by atoms with van der Waals surface area (Å²) in [5.74, 6) is 1.31. The van der Waals surface area contributed by atoms with Gasteiger partial charge in [-0.1, -0.05) is 0 Å². The lowest BCUT2D eigenvalue weighted by molar-refractivity contribution is 0.592. The summed E-state index contributed by atoms with van der Waals surface area (Å²) in [6.45, 7) is 3.08. The molecule has 0 saturated carbocycles. The number of nitrogens with two attached hydrogens (primary N) is 1. The molecule has 1 unspecified atom stereocenters. The maximum Gasteiger partial charge on any atom is 0.0949 e. The summed E-state index contributed by atoms with van der Waals surface area (Å²) in [5, 5.41) is 0.765. The molecule has 78 valence electrons. The molecule has 3 nitrogen and oxygen atoms in total. The zero-order chi connectivity index (χ0) is 9.97. The fourth-order valence-electron chi connectivity index (χ4n) is 1.87.